The van der Waals surface area contributed by atoms with E-state index in [9.17, 15) is 4.79 Å². The minimum Gasteiger partial charge on any atom is -0.508 e. The van der Waals surface area contributed by atoms with Gasteiger partial charge in [-0.1, -0.05) is 6.92 Å². The van der Waals surface area contributed by atoms with Gasteiger partial charge < -0.3 is 5.11 Å². The molecule has 0 radical (unpaired) electrons. The monoisotopic (exact) mass is 162 g/mol. The van der Waals surface area contributed by atoms with Crippen molar-refractivity contribution in [3.63, 3.8) is 0 Å². The van der Waals surface area contributed by atoms with E-state index in [1.165, 1.54) is 0 Å². The number of hydrogen-bond donors (Lipinski definition) is 1. The predicted octanol–water partition coefficient (Wildman–Crippen LogP) is 1.77. The second-order valence-electron chi connectivity index (χ2n) is 3.31. The molecule has 2 nitrogen and oxygen atoms in total. The number of Topliss-reactive ketones (excluding diaryl/α,β-unsaturated/α-hetero) is 1. The molecule has 0 heterocycles. The smallest absolute Gasteiger partial charge is 0.166 e. The first-order valence-electron chi connectivity index (χ1n) is 4.04. The van der Waals surface area contributed by atoms with Crippen LogP contribution in [0.3, 0.4) is 0 Å². The van der Waals surface area contributed by atoms with Crippen LogP contribution in [-0.4, -0.2) is 10.9 Å². The van der Waals surface area contributed by atoms with Crippen molar-refractivity contribution in [3.8, 4) is 5.75 Å². The summed E-state index contributed by atoms with van der Waals surface area (Å²) < 4.78 is 0. The van der Waals surface area contributed by atoms with Crippen molar-refractivity contribution in [2.75, 3.05) is 0 Å². The van der Waals surface area contributed by atoms with E-state index in [0.717, 1.165) is 17.5 Å². The van der Waals surface area contributed by atoms with Gasteiger partial charge in [0.25, 0.3) is 0 Å². The van der Waals surface area contributed by atoms with Gasteiger partial charge in [0.05, 0.1) is 0 Å². The lowest BCUT2D eigenvalue weighted by Gasteiger charge is -1.96. The third-order valence-corrected chi connectivity index (χ3v) is 2.33. The summed E-state index contributed by atoms with van der Waals surface area (Å²) in [5, 5.41) is 9.16. The Morgan fingerprint density at radius 1 is 1.50 bits per heavy atom. The Morgan fingerprint density at radius 3 is 3.00 bits per heavy atom. The van der Waals surface area contributed by atoms with Crippen LogP contribution in [0.1, 0.15) is 22.8 Å². The zero-order valence-corrected chi connectivity index (χ0v) is 6.87. The first kappa shape index (κ1) is 7.35. The molecule has 0 spiro atoms. The largest absolute Gasteiger partial charge is 0.508 e. The molecule has 0 amide bonds. The highest BCUT2D eigenvalue weighted by Crippen LogP contribution is 2.28. The van der Waals surface area contributed by atoms with Crippen LogP contribution in [0.2, 0.25) is 0 Å². The first-order valence-corrected chi connectivity index (χ1v) is 4.04. The number of carbonyl (C=O) groups is 1. The molecule has 12 heavy (non-hydrogen) atoms. The van der Waals surface area contributed by atoms with Crippen LogP contribution in [-0.2, 0) is 6.42 Å². The Bertz CT molecular complexity index is 342. The second-order valence-corrected chi connectivity index (χ2v) is 3.31. The molecule has 1 aromatic rings. The molecular formula is C10H10O2. The van der Waals surface area contributed by atoms with E-state index in [1.54, 1.807) is 18.2 Å². The topological polar surface area (TPSA) is 37.3 Å². The van der Waals surface area contributed by atoms with Crippen molar-refractivity contribution in [2.45, 2.75) is 13.3 Å². The lowest BCUT2D eigenvalue weighted by molar-refractivity contribution is 0.0946. The van der Waals surface area contributed by atoms with Gasteiger partial charge in [0.1, 0.15) is 5.75 Å². The Kier molecular flexibility index (Phi) is 1.43. The molecule has 0 unspecified atom stereocenters. The highest BCUT2D eigenvalue weighted by atomic mass is 16.3. The fraction of sp³-hybridized carbons (Fsp3) is 0.300. The van der Waals surface area contributed by atoms with Gasteiger partial charge in [0.15, 0.2) is 5.78 Å². The molecule has 1 aliphatic rings. The van der Waals surface area contributed by atoms with E-state index >= 15 is 0 Å². The number of benzene rings is 1. The number of carbonyl (C=O) groups excluding carboxylic acids is 1. The van der Waals surface area contributed by atoms with Crippen molar-refractivity contribution in [1.82, 2.24) is 0 Å². The van der Waals surface area contributed by atoms with E-state index in [2.05, 4.69) is 0 Å². The van der Waals surface area contributed by atoms with Crippen LogP contribution >= 0.6 is 0 Å². The number of rotatable bonds is 0. The van der Waals surface area contributed by atoms with Gasteiger partial charge in [-0.25, -0.2) is 0 Å². The lowest BCUT2D eigenvalue weighted by Crippen LogP contribution is -2.02. The standard InChI is InChI=1S/C10H10O2/c1-6-4-7-5-8(11)2-3-9(7)10(6)12/h2-3,5-6,11H,4H2,1H3/t6-/m0/s1. The molecule has 0 saturated heterocycles. The second kappa shape index (κ2) is 2.34. The molecule has 1 aliphatic carbocycles. The highest BCUT2D eigenvalue weighted by Gasteiger charge is 2.26. The summed E-state index contributed by atoms with van der Waals surface area (Å²) in [7, 11) is 0. The highest BCUT2D eigenvalue weighted by molar-refractivity contribution is 6.02. The summed E-state index contributed by atoms with van der Waals surface area (Å²) in [5.74, 6) is 0.530. The third kappa shape index (κ3) is 0.916. The van der Waals surface area contributed by atoms with Gasteiger partial charge in [-0.05, 0) is 30.2 Å². The molecule has 2 heteroatoms. The third-order valence-electron chi connectivity index (χ3n) is 2.33. The van der Waals surface area contributed by atoms with Crippen molar-refractivity contribution in [2.24, 2.45) is 5.92 Å². The van der Waals surface area contributed by atoms with Crippen LogP contribution in [0, 0.1) is 5.92 Å². The number of ketones is 1. The van der Waals surface area contributed by atoms with Crippen LogP contribution in [0.5, 0.6) is 5.75 Å². The van der Waals surface area contributed by atoms with Crippen LogP contribution in [0.15, 0.2) is 18.2 Å². The Balaban J connectivity index is 2.54. The minimum atomic E-state index is 0.0850. The van der Waals surface area contributed by atoms with E-state index in [4.69, 9.17) is 5.11 Å². The summed E-state index contributed by atoms with van der Waals surface area (Å²) in [6.45, 7) is 1.92. The zero-order chi connectivity index (χ0) is 8.72. The molecule has 0 fully saturated rings. The molecule has 62 valence electrons. The minimum absolute atomic E-state index is 0.0850. The van der Waals surface area contributed by atoms with E-state index < -0.39 is 0 Å². The van der Waals surface area contributed by atoms with Crippen molar-refractivity contribution in [3.05, 3.63) is 29.3 Å². The zero-order valence-electron chi connectivity index (χ0n) is 6.87. The van der Waals surface area contributed by atoms with E-state index in [1.807, 2.05) is 6.92 Å². The summed E-state index contributed by atoms with van der Waals surface area (Å²) in [6, 6.07) is 4.95. The summed E-state index contributed by atoms with van der Waals surface area (Å²) >= 11 is 0. The molecule has 0 aromatic heterocycles. The number of aromatic hydroxyl groups is 1. The molecule has 0 bridgehead atoms. The summed E-state index contributed by atoms with van der Waals surface area (Å²) in [5.41, 5.74) is 1.76. The number of phenols is 1. The maximum Gasteiger partial charge on any atom is 0.166 e. The molecule has 1 aromatic carbocycles. The number of fused-ring (bicyclic) bond motifs is 1. The van der Waals surface area contributed by atoms with Crippen LogP contribution in [0.4, 0.5) is 0 Å². The van der Waals surface area contributed by atoms with Crippen LogP contribution < -0.4 is 0 Å². The number of phenolic OH excluding ortho intramolecular Hbond substituents is 1. The van der Waals surface area contributed by atoms with Crippen molar-refractivity contribution < 1.29 is 9.90 Å². The average molecular weight is 162 g/mol. The van der Waals surface area contributed by atoms with E-state index in [0.29, 0.717) is 0 Å². The quantitative estimate of drug-likeness (QED) is 0.631. The number of hydrogen-bond acceptors (Lipinski definition) is 2. The van der Waals surface area contributed by atoms with Crippen molar-refractivity contribution in [1.29, 1.82) is 0 Å². The average Bonchev–Trinajstić information content (AvgIpc) is 2.28. The van der Waals surface area contributed by atoms with Gasteiger partial charge in [0, 0.05) is 11.5 Å². The predicted molar refractivity (Wildman–Crippen MR) is 45.3 cm³/mol. The molecule has 1 atom stereocenters. The lowest BCUT2D eigenvalue weighted by atomic mass is 10.1. The maximum atomic E-state index is 11.4. The maximum absolute atomic E-state index is 11.4. The SMILES string of the molecule is C[C@H]1Cc2cc(O)ccc2C1=O. The Hall–Kier alpha value is -1.31. The molecule has 1 N–H and O–H groups in total. The van der Waals surface area contributed by atoms with Crippen LogP contribution in [0.25, 0.3) is 0 Å². The van der Waals surface area contributed by atoms with E-state index in [-0.39, 0.29) is 17.5 Å². The van der Waals surface area contributed by atoms with Crippen molar-refractivity contribution >= 4 is 5.78 Å². The molecular weight excluding hydrogens is 152 g/mol. The fourth-order valence-electron chi connectivity index (χ4n) is 1.68. The van der Waals surface area contributed by atoms with Gasteiger partial charge in [-0.2, -0.15) is 0 Å². The Labute approximate surface area is 70.8 Å². The molecule has 0 aliphatic heterocycles. The summed E-state index contributed by atoms with van der Waals surface area (Å²) in [4.78, 5) is 11.4. The molecule has 2 rings (SSSR count). The fourth-order valence-corrected chi connectivity index (χ4v) is 1.68. The van der Waals surface area contributed by atoms with Gasteiger partial charge in [-0.3, -0.25) is 4.79 Å². The van der Waals surface area contributed by atoms with Gasteiger partial charge in [-0.15, -0.1) is 0 Å². The molecule has 0 saturated carbocycles. The summed E-state index contributed by atoms with van der Waals surface area (Å²) in [6.07, 6.45) is 0.766. The Morgan fingerprint density at radius 2 is 2.25 bits per heavy atom. The normalized spacial score (nSPS) is 21.1. The van der Waals surface area contributed by atoms with Gasteiger partial charge in [0.2, 0.25) is 0 Å². The van der Waals surface area contributed by atoms with Gasteiger partial charge >= 0.3 is 0 Å². The first-order chi connectivity index (χ1) is 5.68.